The van der Waals surface area contributed by atoms with Crippen LogP contribution < -0.4 is 10.6 Å². The van der Waals surface area contributed by atoms with E-state index in [1.807, 2.05) is 6.92 Å². The van der Waals surface area contributed by atoms with Crippen molar-refractivity contribution in [3.8, 4) is 0 Å². The van der Waals surface area contributed by atoms with E-state index >= 15 is 0 Å². The van der Waals surface area contributed by atoms with Crippen molar-refractivity contribution < 1.29 is 9.90 Å². The van der Waals surface area contributed by atoms with Crippen LogP contribution >= 0.6 is 0 Å². The van der Waals surface area contributed by atoms with Gasteiger partial charge in [0.25, 0.3) is 0 Å². The summed E-state index contributed by atoms with van der Waals surface area (Å²) in [6.07, 6.45) is 6.99. The molecule has 2 aliphatic rings. The average molecular weight is 282 g/mol. The molecule has 1 unspecified atom stereocenters. The molecule has 1 saturated heterocycles. The second-order valence-corrected chi connectivity index (χ2v) is 7.10. The fraction of sp³-hybridized carbons (Fsp3) is 0.938. The smallest absolute Gasteiger partial charge is 0.227 e. The number of hydrogen-bond acceptors (Lipinski definition) is 3. The number of amides is 1. The maximum atomic E-state index is 12.4. The van der Waals surface area contributed by atoms with E-state index in [2.05, 4.69) is 17.6 Å². The van der Waals surface area contributed by atoms with E-state index in [0.717, 1.165) is 57.5 Å². The zero-order chi connectivity index (χ0) is 14.6. The molecule has 4 nitrogen and oxygen atoms in total. The summed E-state index contributed by atoms with van der Waals surface area (Å²) in [6, 6.07) is 0. The maximum Gasteiger partial charge on any atom is 0.227 e. The van der Waals surface area contributed by atoms with Crippen molar-refractivity contribution in [2.45, 2.75) is 64.4 Å². The van der Waals surface area contributed by atoms with E-state index in [0.29, 0.717) is 6.54 Å². The van der Waals surface area contributed by atoms with E-state index in [1.165, 1.54) is 6.42 Å². The molecule has 2 rings (SSSR count). The van der Waals surface area contributed by atoms with Crippen molar-refractivity contribution in [1.29, 1.82) is 0 Å². The van der Waals surface area contributed by atoms with Crippen molar-refractivity contribution in [3.05, 3.63) is 0 Å². The molecular weight excluding hydrogens is 252 g/mol. The van der Waals surface area contributed by atoms with E-state index < -0.39 is 5.60 Å². The molecule has 0 spiro atoms. The minimum Gasteiger partial charge on any atom is -0.388 e. The molecule has 0 aromatic heterocycles. The average Bonchev–Trinajstić information content (AvgIpc) is 2.46. The van der Waals surface area contributed by atoms with Crippen LogP contribution in [0.5, 0.6) is 0 Å². The summed E-state index contributed by atoms with van der Waals surface area (Å²) in [6.45, 7) is 6.40. The molecule has 1 heterocycles. The fourth-order valence-corrected chi connectivity index (χ4v) is 3.51. The second kappa shape index (κ2) is 6.44. The normalized spacial score (nSPS) is 38.5. The highest BCUT2D eigenvalue weighted by molar-refractivity contribution is 5.82. The highest BCUT2D eigenvalue weighted by atomic mass is 16.3. The molecule has 1 amide bonds. The van der Waals surface area contributed by atoms with Crippen molar-refractivity contribution in [3.63, 3.8) is 0 Å². The summed E-state index contributed by atoms with van der Waals surface area (Å²) in [5.74, 6) is 0.849. The van der Waals surface area contributed by atoms with Gasteiger partial charge in [0.05, 0.1) is 11.0 Å². The van der Waals surface area contributed by atoms with Gasteiger partial charge in [-0.3, -0.25) is 4.79 Å². The molecule has 0 bridgehead atoms. The molecule has 1 saturated carbocycles. The van der Waals surface area contributed by atoms with Crippen LogP contribution in [0.4, 0.5) is 0 Å². The Hall–Kier alpha value is -0.610. The predicted molar refractivity (Wildman–Crippen MR) is 80.4 cm³/mol. The largest absolute Gasteiger partial charge is 0.388 e. The molecule has 0 aromatic carbocycles. The van der Waals surface area contributed by atoms with Gasteiger partial charge in [0, 0.05) is 13.1 Å². The van der Waals surface area contributed by atoms with Gasteiger partial charge in [-0.05, 0) is 57.9 Å². The van der Waals surface area contributed by atoms with Crippen molar-refractivity contribution >= 4 is 5.91 Å². The van der Waals surface area contributed by atoms with Crippen molar-refractivity contribution in [1.82, 2.24) is 10.6 Å². The van der Waals surface area contributed by atoms with Crippen LogP contribution in [0.2, 0.25) is 0 Å². The Morgan fingerprint density at radius 1 is 1.35 bits per heavy atom. The first-order valence-corrected chi connectivity index (χ1v) is 8.19. The zero-order valence-corrected chi connectivity index (χ0v) is 13.0. The monoisotopic (exact) mass is 282 g/mol. The number of hydrogen-bond donors (Lipinski definition) is 3. The molecule has 1 atom stereocenters. The number of piperidine rings is 1. The van der Waals surface area contributed by atoms with Gasteiger partial charge in [-0.1, -0.05) is 13.3 Å². The Morgan fingerprint density at radius 3 is 2.60 bits per heavy atom. The van der Waals surface area contributed by atoms with Gasteiger partial charge in [-0.25, -0.2) is 0 Å². The lowest BCUT2D eigenvalue weighted by atomic mass is 9.77. The zero-order valence-electron chi connectivity index (χ0n) is 13.0. The topological polar surface area (TPSA) is 61.4 Å². The number of aliphatic hydroxyl groups is 1. The maximum absolute atomic E-state index is 12.4. The molecule has 1 aliphatic heterocycles. The van der Waals surface area contributed by atoms with Crippen molar-refractivity contribution in [2.75, 3.05) is 19.6 Å². The summed E-state index contributed by atoms with van der Waals surface area (Å²) in [5, 5.41) is 16.9. The molecule has 1 aliphatic carbocycles. The first-order valence-electron chi connectivity index (χ1n) is 8.19. The second-order valence-electron chi connectivity index (χ2n) is 7.10. The molecule has 0 radical (unpaired) electrons. The van der Waals surface area contributed by atoms with Crippen LogP contribution in [0, 0.1) is 11.3 Å². The third-order valence-corrected chi connectivity index (χ3v) is 5.34. The number of carbonyl (C=O) groups is 1. The Bertz CT molecular complexity index is 329. The van der Waals surface area contributed by atoms with E-state index in [1.54, 1.807) is 0 Å². The minimum absolute atomic E-state index is 0.0933. The van der Waals surface area contributed by atoms with Gasteiger partial charge in [0.15, 0.2) is 0 Å². The third kappa shape index (κ3) is 3.73. The van der Waals surface area contributed by atoms with Crippen LogP contribution in [-0.4, -0.2) is 36.2 Å². The lowest BCUT2D eigenvalue weighted by Crippen LogP contribution is -2.53. The fourth-order valence-electron chi connectivity index (χ4n) is 3.51. The quantitative estimate of drug-likeness (QED) is 0.737. The van der Waals surface area contributed by atoms with Crippen LogP contribution in [-0.2, 0) is 4.79 Å². The lowest BCUT2D eigenvalue weighted by molar-refractivity contribution is -0.132. The van der Waals surface area contributed by atoms with E-state index in [9.17, 15) is 9.90 Å². The van der Waals surface area contributed by atoms with Crippen LogP contribution in [0.1, 0.15) is 58.8 Å². The molecule has 0 aromatic rings. The summed E-state index contributed by atoms with van der Waals surface area (Å²) in [5.41, 5.74) is -0.991. The minimum atomic E-state index is -0.681. The number of nitrogens with one attached hydrogen (secondary N) is 2. The van der Waals surface area contributed by atoms with Gasteiger partial charge < -0.3 is 15.7 Å². The number of carbonyl (C=O) groups excluding carboxylic acids is 1. The first kappa shape index (κ1) is 15.8. The highest BCUT2D eigenvalue weighted by Gasteiger charge is 2.37. The highest BCUT2D eigenvalue weighted by Crippen LogP contribution is 2.33. The molecular formula is C16H30N2O2. The summed E-state index contributed by atoms with van der Waals surface area (Å²) < 4.78 is 0. The molecule has 2 fully saturated rings. The van der Waals surface area contributed by atoms with Gasteiger partial charge in [0.1, 0.15) is 0 Å². The van der Waals surface area contributed by atoms with Gasteiger partial charge >= 0.3 is 0 Å². The van der Waals surface area contributed by atoms with Gasteiger partial charge in [0.2, 0.25) is 5.91 Å². The number of rotatable bonds is 4. The Kier molecular flexibility index (Phi) is 5.08. The van der Waals surface area contributed by atoms with E-state index in [-0.39, 0.29) is 11.3 Å². The van der Waals surface area contributed by atoms with Crippen LogP contribution in [0.25, 0.3) is 0 Å². The van der Waals surface area contributed by atoms with Gasteiger partial charge in [-0.2, -0.15) is 0 Å². The third-order valence-electron chi connectivity index (χ3n) is 5.34. The Labute approximate surface area is 122 Å². The lowest BCUT2D eigenvalue weighted by Gasteiger charge is -2.38. The van der Waals surface area contributed by atoms with Gasteiger partial charge in [-0.15, -0.1) is 0 Å². The van der Waals surface area contributed by atoms with Crippen molar-refractivity contribution in [2.24, 2.45) is 11.3 Å². The molecule has 20 heavy (non-hydrogen) atoms. The summed E-state index contributed by atoms with van der Waals surface area (Å²) in [7, 11) is 0. The standard InChI is InChI=1S/C16H30N2O2/c1-3-13-5-8-16(20,9-6-13)12-18-14(19)15(2)7-4-10-17-11-15/h13,17,20H,3-12H2,1-2H3,(H,18,19). The summed E-state index contributed by atoms with van der Waals surface area (Å²) >= 11 is 0. The molecule has 4 heteroatoms. The Morgan fingerprint density at radius 2 is 2.05 bits per heavy atom. The Balaban J connectivity index is 1.81. The summed E-state index contributed by atoms with van der Waals surface area (Å²) in [4.78, 5) is 12.4. The van der Waals surface area contributed by atoms with E-state index in [4.69, 9.17) is 0 Å². The first-order chi connectivity index (χ1) is 9.47. The molecule has 3 N–H and O–H groups in total. The van der Waals surface area contributed by atoms with Crippen LogP contribution in [0.15, 0.2) is 0 Å². The molecule has 116 valence electrons. The predicted octanol–water partition coefficient (Wildman–Crippen LogP) is 1.82. The van der Waals surface area contributed by atoms with Crippen LogP contribution in [0.3, 0.4) is 0 Å². The SMILES string of the molecule is CCC1CCC(O)(CNC(=O)C2(C)CCCNC2)CC1.